The number of rotatable bonds is 76. The summed E-state index contributed by atoms with van der Waals surface area (Å²) in [5.41, 5.74) is 0. The number of unbranched alkanes of at least 4 members (excludes halogenated alkanes) is 14. The van der Waals surface area contributed by atoms with E-state index in [0.717, 1.165) is 103 Å². The van der Waals surface area contributed by atoms with Gasteiger partial charge in [0.15, 0.2) is 12.2 Å². The summed E-state index contributed by atoms with van der Waals surface area (Å²) in [6.07, 6.45) is 105. The molecule has 0 bridgehead atoms. The Hall–Kier alpha value is -6.62. The molecule has 0 saturated heterocycles. The molecule has 3 N–H and O–H groups in total. The van der Waals surface area contributed by atoms with Gasteiger partial charge in [-0.3, -0.25) is 37.3 Å². The molecular formula is C93H146O17P2. The zero-order valence-electron chi connectivity index (χ0n) is 69.0. The van der Waals surface area contributed by atoms with Gasteiger partial charge in [-0.25, -0.2) is 9.13 Å². The van der Waals surface area contributed by atoms with Crippen LogP contribution in [0.1, 0.15) is 285 Å². The molecular weight excluding hydrogens is 1450 g/mol. The Labute approximate surface area is 677 Å². The smallest absolute Gasteiger partial charge is 0.462 e. The predicted molar refractivity (Wildman–Crippen MR) is 463 cm³/mol. The molecule has 0 spiro atoms. The van der Waals surface area contributed by atoms with Gasteiger partial charge in [0, 0.05) is 25.7 Å². The van der Waals surface area contributed by atoms with Crippen molar-refractivity contribution in [1.82, 2.24) is 0 Å². The first kappa shape index (κ1) is 105. The first-order chi connectivity index (χ1) is 54.7. The van der Waals surface area contributed by atoms with Crippen molar-refractivity contribution in [3.05, 3.63) is 219 Å². The fourth-order valence-corrected chi connectivity index (χ4v) is 11.6. The number of phosphoric acid groups is 2. The molecule has 2 unspecified atom stereocenters. The van der Waals surface area contributed by atoms with Gasteiger partial charge in [-0.1, -0.05) is 298 Å². The number of aliphatic hydroxyl groups excluding tert-OH is 1. The molecule has 112 heavy (non-hydrogen) atoms. The number of carbonyl (C=O) groups is 4. The van der Waals surface area contributed by atoms with E-state index in [1.54, 1.807) is 0 Å². The number of phosphoric ester groups is 2. The molecule has 0 amide bonds. The van der Waals surface area contributed by atoms with Crippen LogP contribution in [0.3, 0.4) is 0 Å². The fraction of sp³-hybridized carbons (Fsp3) is 0.570. The van der Waals surface area contributed by atoms with Crippen molar-refractivity contribution in [1.29, 1.82) is 0 Å². The molecule has 0 aromatic carbocycles. The minimum Gasteiger partial charge on any atom is -0.462 e. The number of ether oxygens (including phenoxy) is 4. The third-order valence-corrected chi connectivity index (χ3v) is 18.3. The lowest BCUT2D eigenvalue weighted by molar-refractivity contribution is -0.161. The van der Waals surface area contributed by atoms with Gasteiger partial charge < -0.3 is 33.8 Å². The van der Waals surface area contributed by atoms with E-state index < -0.39 is 97.5 Å². The number of hydrogen-bond donors (Lipinski definition) is 3. The summed E-state index contributed by atoms with van der Waals surface area (Å²) in [5, 5.41) is 10.7. The lowest BCUT2D eigenvalue weighted by atomic mass is 10.2. The summed E-state index contributed by atoms with van der Waals surface area (Å²) in [4.78, 5) is 73.1. The highest BCUT2D eigenvalue weighted by molar-refractivity contribution is 7.47. The maximum Gasteiger partial charge on any atom is 0.472 e. The van der Waals surface area contributed by atoms with Crippen LogP contribution in [0, 0.1) is 0 Å². The third-order valence-electron chi connectivity index (χ3n) is 16.4. The van der Waals surface area contributed by atoms with Crippen molar-refractivity contribution in [2.75, 3.05) is 39.6 Å². The third kappa shape index (κ3) is 81.4. The van der Waals surface area contributed by atoms with Crippen LogP contribution in [0.15, 0.2) is 219 Å². The van der Waals surface area contributed by atoms with Crippen molar-refractivity contribution >= 4 is 39.5 Å². The summed E-state index contributed by atoms with van der Waals surface area (Å²) in [6.45, 7) is 4.43. The highest BCUT2D eigenvalue weighted by Gasteiger charge is 2.30. The van der Waals surface area contributed by atoms with Crippen molar-refractivity contribution < 1.29 is 80.2 Å². The quantitative estimate of drug-likeness (QED) is 0.0169. The van der Waals surface area contributed by atoms with Crippen LogP contribution >= 0.6 is 15.6 Å². The van der Waals surface area contributed by atoms with E-state index in [0.29, 0.717) is 51.4 Å². The molecule has 0 aliphatic rings. The van der Waals surface area contributed by atoms with E-state index >= 15 is 0 Å². The summed E-state index contributed by atoms with van der Waals surface area (Å²) in [6, 6.07) is 0. The molecule has 0 radical (unpaired) electrons. The SMILES string of the molecule is CCCCC/C=C\C/C=C\C/C=C\C/C=C\C/C=C\CCC(=O)OC[C@H](COP(=O)(O)OC[C@@H](O)COP(=O)(O)OC[C@@H](COC(=O)CCC/C=C\C/C=C\C/C=C\C/C=C\CCCCC)OC(=O)CC/C=C\C/C=C\C/C=C\C/C=C\C/C=C\CCCCC)OC(=O)CCC/C=C\C/C=C\C/C=C\C/C=C\CCCCC. The molecule has 0 aromatic rings. The Balaban J connectivity index is 5.64. The Morgan fingerprint density at radius 2 is 0.446 bits per heavy atom. The maximum atomic E-state index is 13.1. The highest BCUT2D eigenvalue weighted by atomic mass is 31.2. The molecule has 0 aliphatic carbocycles. The monoisotopic (exact) mass is 1600 g/mol. The predicted octanol–water partition coefficient (Wildman–Crippen LogP) is 25.2. The van der Waals surface area contributed by atoms with E-state index in [9.17, 15) is 43.2 Å². The van der Waals surface area contributed by atoms with Crippen LogP contribution in [0.25, 0.3) is 0 Å². The molecule has 19 heteroatoms. The maximum absolute atomic E-state index is 13.1. The Bertz CT molecular complexity index is 2990. The Morgan fingerprint density at radius 1 is 0.250 bits per heavy atom. The molecule has 5 atom stereocenters. The fourth-order valence-electron chi connectivity index (χ4n) is 9.99. The first-order valence-electron chi connectivity index (χ1n) is 42.0. The topological polar surface area (TPSA) is 237 Å². The van der Waals surface area contributed by atoms with Crippen molar-refractivity contribution in [2.45, 2.75) is 303 Å². The Kier molecular flexibility index (Phi) is 77.5. The average Bonchev–Trinajstić information content (AvgIpc) is 0.900. The van der Waals surface area contributed by atoms with Crippen LogP contribution in [0.5, 0.6) is 0 Å². The van der Waals surface area contributed by atoms with Crippen LogP contribution in [0.4, 0.5) is 0 Å². The summed E-state index contributed by atoms with van der Waals surface area (Å²) in [5.74, 6) is -2.53. The van der Waals surface area contributed by atoms with Gasteiger partial charge in [0.2, 0.25) is 0 Å². The second kappa shape index (κ2) is 82.4. The van der Waals surface area contributed by atoms with Gasteiger partial charge >= 0.3 is 39.5 Å². The van der Waals surface area contributed by atoms with E-state index in [-0.39, 0.29) is 25.7 Å². The molecule has 630 valence electrons. The standard InChI is InChI=1S/C93H146O17P2/c1-5-9-13-17-21-25-29-33-37-41-43-47-50-54-58-62-66-70-74-78-91(96)104-84-88(109-92(97)79-75-71-67-63-59-55-51-46-40-36-32-28-24-20-16-12-8-4)85-107-111(99,100)105-81-87(94)82-106-112(101,102)108-86-89(83-103-90(95)77-73-69-65-61-57-53-49-45-39-35-31-27-23-19-15-11-7-3)110-93(98)80-76-72-68-64-60-56-52-48-44-42-38-34-30-26-22-18-14-10-6-2/h21-28,33-40,43-44,47-49,51,53-56,58,60-61,63,65-68,70,72,87-89,94H,5-20,29-32,41-42,45-46,50,52,57,59,62,64,69,71,73-86H2,1-4H3,(H,99,100)(H,101,102)/b25-21-,26-22-,27-23-,28-24-,37-33-,38-34-,39-35-,40-36-,47-43-,48-44-,53-49-,55-51-,58-54-,60-56-,65-61-,67-63-,70-66-,72-68-/t87-,88-,89-/m1/s1. The normalized spacial score (nSPS) is 14.9. The zero-order valence-corrected chi connectivity index (χ0v) is 70.8. The van der Waals surface area contributed by atoms with Crippen LogP contribution in [-0.4, -0.2) is 96.7 Å². The molecule has 0 heterocycles. The zero-order chi connectivity index (χ0) is 81.7. The van der Waals surface area contributed by atoms with E-state index in [1.165, 1.54) is 77.0 Å². The van der Waals surface area contributed by atoms with Crippen LogP contribution in [-0.2, 0) is 65.4 Å². The molecule has 0 aliphatic heterocycles. The average molecular weight is 1600 g/mol. The number of carbonyl (C=O) groups excluding carboxylic acids is 4. The van der Waals surface area contributed by atoms with Gasteiger partial charge in [0.25, 0.3) is 0 Å². The summed E-state index contributed by atoms with van der Waals surface area (Å²) >= 11 is 0. The second-order valence-corrected chi connectivity index (χ2v) is 29.9. The van der Waals surface area contributed by atoms with E-state index in [2.05, 4.69) is 186 Å². The second-order valence-electron chi connectivity index (χ2n) is 27.0. The molecule has 0 saturated carbocycles. The lowest BCUT2D eigenvalue weighted by Gasteiger charge is -2.21. The van der Waals surface area contributed by atoms with Gasteiger partial charge in [-0.2, -0.15) is 0 Å². The number of hydrogen-bond acceptors (Lipinski definition) is 15. The molecule has 0 rings (SSSR count). The van der Waals surface area contributed by atoms with Crippen LogP contribution in [0.2, 0.25) is 0 Å². The molecule has 0 aromatic heterocycles. The number of allylic oxidation sites excluding steroid dienone is 36. The van der Waals surface area contributed by atoms with E-state index in [1.807, 2.05) is 60.8 Å². The van der Waals surface area contributed by atoms with Crippen molar-refractivity contribution in [3.8, 4) is 0 Å². The van der Waals surface area contributed by atoms with Gasteiger partial charge in [-0.05, 0) is 180 Å². The van der Waals surface area contributed by atoms with E-state index in [4.69, 9.17) is 37.0 Å². The number of esters is 4. The van der Waals surface area contributed by atoms with Crippen molar-refractivity contribution in [2.24, 2.45) is 0 Å². The number of aliphatic hydroxyl groups is 1. The first-order valence-corrected chi connectivity index (χ1v) is 45.0. The minimum atomic E-state index is -5.04. The summed E-state index contributed by atoms with van der Waals surface area (Å²) < 4.78 is 68.4. The molecule has 17 nitrogen and oxygen atoms in total. The van der Waals surface area contributed by atoms with Gasteiger partial charge in [0.1, 0.15) is 19.3 Å². The lowest BCUT2D eigenvalue weighted by Crippen LogP contribution is -2.30. The van der Waals surface area contributed by atoms with Gasteiger partial charge in [0.05, 0.1) is 26.4 Å². The Morgan fingerprint density at radius 3 is 0.705 bits per heavy atom. The minimum absolute atomic E-state index is 0.00930. The highest BCUT2D eigenvalue weighted by Crippen LogP contribution is 2.45. The van der Waals surface area contributed by atoms with Gasteiger partial charge in [-0.15, -0.1) is 0 Å². The summed E-state index contributed by atoms with van der Waals surface area (Å²) in [7, 11) is -10.1. The van der Waals surface area contributed by atoms with Crippen LogP contribution < -0.4 is 0 Å². The largest absolute Gasteiger partial charge is 0.472 e. The van der Waals surface area contributed by atoms with Crippen molar-refractivity contribution in [3.63, 3.8) is 0 Å². The molecule has 0 fully saturated rings.